The van der Waals surface area contributed by atoms with Gasteiger partial charge in [-0.15, -0.1) is 6.42 Å². The van der Waals surface area contributed by atoms with Crippen LogP contribution < -0.4 is 0 Å². The monoisotopic (exact) mass is 153 g/mol. The van der Waals surface area contributed by atoms with E-state index in [2.05, 4.69) is 22.0 Å². The summed E-state index contributed by atoms with van der Waals surface area (Å²) in [5.74, 6) is 2.51. The SMILES string of the molecule is C#Cc1cnc2c[c]cnc2c1. The van der Waals surface area contributed by atoms with Crippen LogP contribution in [-0.4, -0.2) is 9.97 Å². The third-order valence-corrected chi connectivity index (χ3v) is 1.56. The first-order valence-electron chi connectivity index (χ1n) is 3.48. The highest BCUT2D eigenvalue weighted by atomic mass is 14.7. The first kappa shape index (κ1) is 6.81. The van der Waals surface area contributed by atoms with Crippen molar-refractivity contribution in [1.29, 1.82) is 0 Å². The van der Waals surface area contributed by atoms with E-state index in [0.717, 1.165) is 16.6 Å². The van der Waals surface area contributed by atoms with E-state index in [0.29, 0.717) is 0 Å². The molecule has 0 amide bonds. The fourth-order valence-electron chi connectivity index (χ4n) is 0.980. The van der Waals surface area contributed by atoms with Gasteiger partial charge in [0.15, 0.2) is 0 Å². The summed E-state index contributed by atoms with van der Waals surface area (Å²) < 4.78 is 0. The molecule has 0 aromatic carbocycles. The molecule has 2 rings (SSSR count). The highest BCUT2D eigenvalue weighted by Gasteiger charge is 1.94. The Kier molecular flexibility index (Phi) is 1.49. The predicted octanol–water partition coefficient (Wildman–Crippen LogP) is 1.41. The first-order valence-corrected chi connectivity index (χ1v) is 3.48. The maximum Gasteiger partial charge on any atom is 0.0899 e. The van der Waals surface area contributed by atoms with E-state index in [9.17, 15) is 0 Å². The molecular formula is C10H5N2. The summed E-state index contributed by atoms with van der Waals surface area (Å²) in [5.41, 5.74) is 2.38. The quantitative estimate of drug-likeness (QED) is 0.535. The van der Waals surface area contributed by atoms with Crippen LogP contribution in [0.15, 0.2) is 24.5 Å². The normalized spacial score (nSPS) is 9.58. The molecule has 55 valence electrons. The Hall–Kier alpha value is -1.88. The van der Waals surface area contributed by atoms with Crippen molar-refractivity contribution < 1.29 is 0 Å². The van der Waals surface area contributed by atoms with Gasteiger partial charge in [0.1, 0.15) is 0 Å². The molecule has 0 N–H and O–H groups in total. The van der Waals surface area contributed by atoms with E-state index < -0.39 is 0 Å². The fourth-order valence-corrected chi connectivity index (χ4v) is 0.980. The molecule has 2 aromatic heterocycles. The molecule has 2 aromatic rings. The lowest BCUT2D eigenvalue weighted by Crippen LogP contribution is -1.83. The summed E-state index contributed by atoms with van der Waals surface area (Å²) in [6, 6.07) is 6.46. The van der Waals surface area contributed by atoms with E-state index in [1.807, 2.05) is 6.07 Å². The molecule has 0 aliphatic heterocycles. The summed E-state index contributed by atoms with van der Waals surface area (Å²) in [5, 5.41) is 0. The van der Waals surface area contributed by atoms with E-state index in [4.69, 9.17) is 6.42 Å². The minimum absolute atomic E-state index is 0.751. The van der Waals surface area contributed by atoms with Crippen LogP contribution in [0.1, 0.15) is 5.56 Å². The maximum absolute atomic E-state index is 5.22. The van der Waals surface area contributed by atoms with Gasteiger partial charge in [-0.05, 0) is 12.1 Å². The zero-order valence-corrected chi connectivity index (χ0v) is 6.28. The number of aromatic nitrogens is 2. The zero-order chi connectivity index (χ0) is 8.39. The van der Waals surface area contributed by atoms with Crippen molar-refractivity contribution in [3.05, 3.63) is 36.2 Å². The lowest BCUT2D eigenvalue weighted by molar-refractivity contribution is 1.32. The van der Waals surface area contributed by atoms with Crippen LogP contribution in [0.4, 0.5) is 0 Å². The molecule has 2 nitrogen and oxygen atoms in total. The molecule has 12 heavy (non-hydrogen) atoms. The van der Waals surface area contributed by atoms with E-state index in [1.165, 1.54) is 0 Å². The summed E-state index contributed by atoms with van der Waals surface area (Å²) in [7, 11) is 0. The first-order chi connectivity index (χ1) is 5.90. The second kappa shape index (κ2) is 2.63. The molecule has 0 saturated heterocycles. The van der Waals surface area contributed by atoms with Crippen molar-refractivity contribution in [2.24, 2.45) is 0 Å². The van der Waals surface area contributed by atoms with Crippen LogP contribution in [-0.2, 0) is 0 Å². The Bertz CT molecular complexity index is 455. The fraction of sp³-hybridized carbons (Fsp3) is 0. The summed E-state index contributed by atoms with van der Waals surface area (Å²) in [4.78, 5) is 8.19. The highest BCUT2D eigenvalue weighted by Crippen LogP contribution is 2.08. The number of rotatable bonds is 0. The largest absolute Gasteiger partial charge is 0.254 e. The van der Waals surface area contributed by atoms with Crippen molar-refractivity contribution >= 4 is 11.0 Å². The van der Waals surface area contributed by atoms with Gasteiger partial charge in [0.25, 0.3) is 0 Å². The van der Waals surface area contributed by atoms with E-state index >= 15 is 0 Å². The average Bonchev–Trinajstić information content (AvgIpc) is 2.17. The molecular weight excluding hydrogens is 148 g/mol. The van der Waals surface area contributed by atoms with Crippen molar-refractivity contribution in [1.82, 2.24) is 9.97 Å². The lowest BCUT2D eigenvalue weighted by atomic mass is 10.2. The molecule has 0 saturated carbocycles. The van der Waals surface area contributed by atoms with Crippen LogP contribution >= 0.6 is 0 Å². The summed E-state index contributed by atoms with van der Waals surface area (Å²) in [6.45, 7) is 0. The van der Waals surface area contributed by atoms with Gasteiger partial charge < -0.3 is 0 Å². The molecule has 1 radical (unpaired) electrons. The molecule has 2 heteroatoms. The number of terminal acetylenes is 1. The number of hydrogen-bond acceptors (Lipinski definition) is 2. The van der Waals surface area contributed by atoms with Gasteiger partial charge >= 0.3 is 0 Å². The average molecular weight is 153 g/mol. The van der Waals surface area contributed by atoms with Crippen LogP contribution in [0.25, 0.3) is 11.0 Å². The second-order valence-electron chi connectivity index (χ2n) is 2.34. The van der Waals surface area contributed by atoms with Crippen LogP contribution in [0, 0.1) is 18.4 Å². The van der Waals surface area contributed by atoms with E-state index in [-0.39, 0.29) is 0 Å². The molecule has 0 aliphatic rings. The molecule has 0 spiro atoms. The second-order valence-corrected chi connectivity index (χ2v) is 2.34. The number of nitrogens with zero attached hydrogens (tertiary/aromatic N) is 2. The van der Waals surface area contributed by atoms with Crippen molar-refractivity contribution in [2.45, 2.75) is 0 Å². The molecule has 0 fully saturated rings. The summed E-state index contributed by atoms with van der Waals surface area (Å²) in [6.07, 6.45) is 8.47. The van der Waals surface area contributed by atoms with Crippen molar-refractivity contribution in [3.63, 3.8) is 0 Å². The number of pyridine rings is 2. The zero-order valence-electron chi connectivity index (χ0n) is 6.28. The Morgan fingerprint density at radius 1 is 1.33 bits per heavy atom. The minimum Gasteiger partial charge on any atom is -0.254 e. The molecule has 2 heterocycles. The van der Waals surface area contributed by atoms with Crippen LogP contribution in [0.2, 0.25) is 0 Å². The topological polar surface area (TPSA) is 25.8 Å². The minimum atomic E-state index is 0.751. The highest BCUT2D eigenvalue weighted by molar-refractivity contribution is 5.74. The molecule has 0 bridgehead atoms. The Labute approximate surface area is 70.3 Å². The molecule has 0 unspecified atom stereocenters. The molecule has 0 atom stereocenters. The van der Waals surface area contributed by atoms with Gasteiger partial charge in [0, 0.05) is 24.0 Å². The van der Waals surface area contributed by atoms with Gasteiger partial charge in [-0.2, -0.15) is 0 Å². The van der Waals surface area contributed by atoms with Crippen molar-refractivity contribution in [3.8, 4) is 12.3 Å². The third-order valence-electron chi connectivity index (χ3n) is 1.56. The van der Waals surface area contributed by atoms with Crippen LogP contribution in [0.5, 0.6) is 0 Å². The Balaban J connectivity index is 2.78. The van der Waals surface area contributed by atoms with Gasteiger partial charge in [0.05, 0.1) is 11.0 Å². The molecule has 0 aliphatic carbocycles. The predicted molar refractivity (Wildman–Crippen MR) is 46.3 cm³/mol. The number of hydrogen-bond donors (Lipinski definition) is 0. The maximum atomic E-state index is 5.22. The standard InChI is InChI=1S/C10H5N2/c1-2-8-6-10-9(12-7-8)4-3-5-11-10/h1,4-7H. The van der Waals surface area contributed by atoms with Gasteiger partial charge in [0.2, 0.25) is 0 Å². The van der Waals surface area contributed by atoms with Gasteiger partial charge in [-0.3, -0.25) is 9.97 Å². The van der Waals surface area contributed by atoms with Crippen LogP contribution in [0.3, 0.4) is 0 Å². The summed E-state index contributed by atoms with van der Waals surface area (Å²) >= 11 is 0. The number of fused-ring (bicyclic) bond motifs is 1. The lowest BCUT2D eigenvalue weighted by Gasteiger charge is -1.94. The van der Waals surface area contributed by atoms with E-state index in [1.54, 1.807) is 18.5 Å². The smallest absolute Gasteiger partial charge is 0.0899 e. The third kappa shape index (κ3) is 1.02. The Morgan fingerprint density at radius 3 is 3.08 bits per heavy atom. The van der Waals surface area contributed by atoms with Crippen molar-refractivity contribution in [2.75, 3.05) is 0 Å². The Morgan fingerprint density at radius 2 is 2.25 bits per heavy atom. The van der Waals surface area contributed by atoms with Gasteiger partial charge in [-0.25, -0.2) is 0 Å². The van der Waals surface area contributed by atoms with Gasteiger partial charge in [-0.1, -0.05) is 5.92 Å².